The second kappa shape index (κ2) is 26.1. The van der Waals surface area contributed by atoms with Crippen LogP contribution in [0.1, 0.15) is 228 Å². The van der Waals surface area contributed by atoms with E-state index in [1.807, 2.05) is 22.3 Å². The number of nitriles is 2. The topological polar surface area (TPSA) is 190 Å². The highest BCUT2D eigenvalue weighted by molar-refractivity contribution is 6.17. The summed E-state index contributed by atoms with van der Waals surface area (Å²) in [6.07, 6.45) is 34.8. The van der Waals surface area contributed by atoms with E-state index in [-0.39, 0.29) is 41.9 Å². The molecular formula is C61H96N8O8. The Labute approximate surface area is 461 Å². The van der Waals surface area contributed by atoms with Crippen LogP contribution in [-0.4, -0.2) is 117 Å². The number of hydrogen-bond donors (Lipinski definition) is 0. The molecule has 16 heteroatoms. The van der Waals surface area contributed by atoms with E-state index in [0.29, 0.717) is 53.3 Å². The zero-order valence-corrected chi connectivity index (χ0v) is 48.4. The van der Waals surface area contributed by atoms with Crippen LogP contribution in [0.5, 0.6) is 0 Å². The van der Waals surface area contributed by atoms with Gasteiger partial charge in [0.05, 0.1) is 31.8 Å². The Morgan fingerprint density at radius 2 is 0.961 bits per heavy atom. The second-order valence-corrected chi connectivity index (χ2v) is 25.9. The fourth-order valence-electron chi connectivity index (χ4n) is 16.1. The van der Waals surface area contributed by atoms with Gasteiger partial charge < -0.3 is 18.9 Å². The Morgan fingerprint density at radius 1 is 0.558 bits per heavy atom. The van der Waals surface area contributed by atoms with Gasteiger partial charge >= 0.3 is 24.0 Å². The maximum absolute atomic E-state index is 14.3. The first-order valence-corrected chi connectivity index (χ1v) is 30.8. The number of methoxy groups -OCH3 is 2. The molecule has 16 nitrogen and oxygen atoms in total. The van der Waals surface area contributed by atoms with Crippen LogP contribution in [0, 0.1) is 70.4 Å². The lowest BCUT2D eigenvalue weighted by Crippen LogP contribution is -2.75. The molecule has 0 N–H and O–H groups in total. The smallest absolute Gasteiger partial charge is 0.334 e. The number of amides is 4. The summed E-state index contributed by atoms with van der Waals surface area (Å²) in [5.41, 5.74) is -0.763. The van der Waals surface area contributed by atoms with Crippen LogP contribution in [0.2, 0.25) is 0 Å². The second-order valence-electron chi connectivity index (χ2n) is 25.9. The summed E-state index contributed by atoms with van der Waals surface area (Å²) in [4.78, 5) is 71.8. The van der Waals surface area contributed by atoms with E-state index < -0.39 is 29.6 Å². The Hall–Kier alpha value is -4.60. The van der Waals surface area contributed by atoms with Crippen LogP contribution in [-0.2, 0) is 28.5 Å². The average molecular weight is 1070 g/mol. The molecule has 4 unspecified atom stereocenters. The monoisotopic (exact) mass is 1070 g/mol. The minimum atomic E-state index is -0.754. The van der Waals surface area contributed by atoms with Gasteiger partial charge in [0.2, 0.25) is 11.9 Å². The van der Waals surface area contributed by atoms with Gasteiger partial charge in [0.25, 0.3) is 12.5 Å². The number of aliphatic imine (C=N–C) groups is 2. The lowest BCUT2D eigenvalue weighted by molar-refractivity contribution is -0.145. The summed E-state index contributed by atoms with van der Waals surface area (Å²) in [7, 11) is 2.75. The van der Waals surface area contributed by atoms with Crippen LogP contribution in [0.25, 0.3) is 0 Å². The number of guanidine groups is 2. The van der Waals surface area contributed by atoms with E-state index in [1.165, 1.54) is 46.3 Å². The van der Waals surface area contributed by atoms with Crippen molar-refractivity contribution >= 4 is 35.9 Å². The number of ether oxygens (including phenoxy) is 4. The van der Waals surface area contributed by atoms with Gasteiger partial charge in [-0.05, 0) is 236 Å². The van der Waals surface area contributed by atoms with Gasteiger partial charge in [-0.25, -0.2) is 39.0 Å². The molecule has 0 radical (unpaired) electrons. The Kier molecular flexibility index (Phi) is 19.9. The summed E-state index contributed by atoms with van der Waals surface area (Å²) in [6.45, 7) is 12.2. The first-order valence-electron chi connectivity index (χ1n) is 30.8. The molecule has 2 saturated heterocycles. The number of carbonyl (C=O) groups is 4. The van der Waals surface area contributed by atoms with Gasteiger partial charge in [-0.15, -0.1) is 0 Å². The molecule has 2 aliphatic heterocycles. The van der Waals surface area contributed by atoms with Gasteiger partial charge in [-0.1, -0.05) is 39.5 Å². The molecule has 2 heterocycles. The lowest BCUT2D eigenvalue weighted by Gasteiger charge is -2.56. The Bertz CT molecular complexity index is 2160. The molecule has 428 valence electrons. The Morgan fingerprint density at radius 3 is 1.38 bits per heavy atom. The molecule has 8 fully saturated rings. The van der Waals surface area contributed by atoms with Gasteiger partial charge in [0, 0.05) is 6.04 Å². The SMILES string of the molecule is CCC(C)(OC#N)C1CCC(CC2CCC(N=C3N(C4CCC(CC5CCC(N=C6N(C(C)C(=O)OC)C(=O)N6C(C)(CC)C6CCC(CC7CCC(OC#N)CC7)CC6)CC5)CC4)C(=O)N3C(C)C(=O)OC)CC2)CC1. The number of nitrogens with zero attached hydrogens (tertiary/aromatic N) is 8. The average Bonchev–Trinajstić information content (AvgIpc) is 3.47. The van der Waals surface area contributed by atoms with Crippen molar-refractivity contribution in [2.75, 3.05) is 14.2 Å². The molecule has 0 bridgehead atoms. The molecule has 6 saturated carbocycles. The van der Waals surface area contributed by atoms with E-state index in [4.69, 9.17) is 34.2 Å². The Balaban J connectivity index is 0.826. The van der Waals surface area contributed by atoms with Crippen molar-refractivity contribution in [1.82, 2.24) is 19.6 Å². The molecule has 0 spiro atoms. The zero-order valence-electron chi connectivity index (χ0n) is 48.4. The number of rotatable bonds is 20. The van der Waals surface area contributed by atoms with Gasteiger partial charge in [0.1, 0.15) is 23.8 Å². The van der Waals surface area contributed by atoms with E-state index in [9.17, 15) is 24.4 Å². The standard InChI is InChI=1S/C61H96N8O8/c1-9-60(5,48-23-11-42(12-24-48)36-47-21-33-53(34-22-47)76-38-62)69-57(67(59(69)73)41(4)55(71)75-8)65-51-29-17-45(18-30-51)37-46-19-31-52(32-20-46)68-56(66(58(68)72)40(3)54(70)74-7)64-50-27-15-44(16-28-50)35-43-13-25-49(26-14-43)61(6,10-2)77-39-63/h40-53H,9-37H2,1-8H3. The van der Waals surface area contributed by atoms with Crippen LogP contribution < -0.4 is 0 Å². The van der Waals surface area contributed by atoms with E-state index in [2.05, 4.69) is 27.7 Å². The highest BCUT2D eigenvalue weighted by Gasteiger charge is 2.57. The third-order valence-electron chi connectivity index (χ3n) is 21.6. The van der Waals surface area contributed by atoms with Crippen LogP contribution in [0.4, 0.5) is 9.59 Å². The van der Waals surface area contributed by atoms with Gasteiger partial charge in [-0.2, -0.15) is 10.5 Å². The molecular weight excluding hydrogens is 973 g/mol. The molecule has 8 aliphatic rings. The molecule has 4 amide bonds. The van der Waals surface area contributed by atoms with Crippen molar-refractivity contribution in [3.8, 4) is 12.5 Å². The van der Waals surface area contributed by atoms with Crippen molar-refractivity contribution in [2.24, 2.45) is 57.3 Å². The fourth-order valence-corrected chi connectivity index (χ4v) is 16.1. The number of urea groups is 2. The fraction of sp³-hybridized carbons (Fsp3) is 0.869. The van der Waals surface area contributed by atoms with Gasteiger partial charge in [-0.3, -0.25) is 9.80 Å². The zero-order chi connectivity index (χ0) is 55.0. The lowest BCUT2D eigenvalue weighted by atomic mass is 9.68. The molecule has 8 rings (SSSR count). The molecule has 6 aliphatic carbocycles. The molecule has 4 atom stereocenters. The summed E-state index contributed by atoms with van der Waals surface area (Å²) < 4.78 is 21.1. The van der Waals surface area contributed by atoms with E-state index >= 15 is 0 Å². The van der Waals surface area contributed by atoms with Crippen LogP contribution in [0.3, 0.4) is 0 Å². The largest absolute Gasteiger partial charge is 0.467 e. The normalized spacial score (nSPS) is 35.5. The highest BCUT2D eigenvalue weighted by atomic mass is 16.5. The quantitative estimate of drug-likeness (QED) is 0.0837. The summed E-state index contributed by atoms with van der Waals surface area (Å²) in [5.74, 6) is 5.17. The first-order chi connectivity index (χ1) is 37.1. The first kappa shape index (κ1) is 58.5. The van der Waals surface area contributed by atoms with Crippen LogP contribution >= 0.6 is 0 Å². The van der Waals surface area contributed by atoms with Crippen molar-refractivity contribution in [3.63, 3.8) is 0 Å². The predicted molar refractivity (Wildman–Crippen MR) is 294 cm³/mol. The highest BCUT2D eigenvalue weighted by Crippen LogP contribution is 2.48. The third kappa shape index (κ3) is 13.0. The summed E-state index contributed by atoms with van der Waals surface area (Å²) in [5, 5.41) is 18.2. The van der Waals surface area contributed by atoms with Crippen molar-refractivity contribution in [1.29, 1.82) is 10.5 Å². The maximum atomic E-state index is 14.3. The minimum Gasteiger partial charge on any atom is -0.467 e. The summed E-state index contributed by atoms with van der Waals surface area (Å²) in [6, 6.07) is -1.50. The minimum absolute atomic E-state index is 0.0688. The maximum Gasteiger partial charge on any atom is 0.334 e. The van der Waals surface area contributed by atoms with Crippen molar-refractivity contribution < 1.29 is 38.1 Å². The van der Waals surface area contributed by atoms with Crippen molar-refractivity contribution in [2.45, 2.75) is 275 Å². The number of carbonyl (C=O) groups excluding carboxylic acids is 4. The van der Waals surface area contributed by atoms with E-state index in [1.54, 1.807) is 23.6 Å². The number of hydrogen-bond acceptors (Lipinski definition) is 12. The van der Waals surface area contributed by atoms with Crippen LogP contribution in [0.15, 0.2) is 9.98 Å². The van der Waals surface area contributed by atoms with Crippen molar-refractivity contribution in [3.05, 3.63) is 0 Å². The molecule has 0 aromatic rings. The molecule has 0 aromatic carbocycles. The third-order valence-corrected chi connectivity index (χ3v) is 21.6. The predicted octanol–water partition coefficient (Wildman–Crippen LogP) is 12.6. The molecule has 77 heavy (non-hydrogen) atoms. The number of esters is 2. The summed E-state index contributed by atoms with van der Waals surface area (Å²) >= 11 is 0. The molecule has 0 aromatic heterocycles. The van der Waals surface area contributed by atoms with Gasteiger partial charge in [0.15, 0.2) is 0 Å². The van der Waals surface area contributed by atoms with E-state index in [0.717, 1.165) is 160 Å².